The Hall–Kier alpha value is -0.870. The van der Waals surface area contributed by atoms with Gasteiger partial charge in [-0.1, -0.05) is 6.58 Å². The molecule has 0 amide bonds. The van der Waals surface area contributed by atoms with E-state index < -0.39 is 0 Å². The molecular formula is C7H16N2O2. The molecule has 0 bridgehead atoms. The molecule has 0 fully saturated rings. The van der Waals surface area contributed by atoms with E-state index >= 15 is 0 Å². The summed E-state index contributed by atoms with van der Waals surface area (Å²) in [5.74, 6) is -0.339. The van der Waals surface area contributed by atoms with E-state index in [1.807, 2.05) is 0 Å². The fourth-order valence-corrected chi connectivity index (χ4v) is 0.371. The van der Waals surface area contributed by atoms with Crippen molar-refractivity contribution in [3.05, 3.63) is 12.2 Å². The lowest BCUT2D eigenvalue weighted by molar-refractivity contribution is -0.138. The molecule has 0 atom stereocenters. The number of hydrogen-bond acceptors (Lipinski definition) is 4. The van der Waals surface area contributed by atoms with Crippen molar-refractivity contribution in [1.29, 1.82) is 0 Å². The first-order chi connectivity index (χ1) is 4.68. The van der Waals surface area contributed by atoms with E-state index in [9.17, 15) is 4.79 Å². The first-order valence-corrected chi connectivity index (χ1v) is 3.21. The third-order valence-electron chi connectivity index (χ3n) is 0.930. The minimum Gasteiger partial charge on any atom is -0.462 e. The molecule has 0 heterocycles. The number of ether oxygens (including phenoxy) is 1. The van der Waals surface area contributed by atoms with Crippen LogP contribution in [0.5, 0.6) is 0 Å². The zero-order valence-electron chi connectivity index (χ0n) is 6.93. The highest BCUT2D eigenvalue weighted by atomic mass is 16.5. The normalized spacial score (nSPS) is 8.18. The smallest absolute Gasteiger partial charge is 0.333 e. The minimum absolute atomic E-state index is 0. The largest absolute Gasteiger partial charge is 0.462 e. The van der Waals surface area contributed by atoms with E-state index in [4.69, 9.17) is 10.5 Å². The second-order valence-electron chi connectivity index (χ2n) is 2.06. The van der Waals surface area contributed by atoms with Gasteiger partial charge in [0.1, 0.15) is 0 Å². The van der Waals surface area contributed by atoms with E-state index in [0.717, 1.165) is 0 Å². The molecule has 0 saturated heterocycles. The summed E-state index contributed by atoms with van der Waals surface area (Å²) in [5, 5.41) is 0. The van der Waals surface area contributed by atoms with Crippen molar-refractivity contribution in [2.45, 2.75) is 13.3 Å². The lowest BCUT2D eigenvalue weighted by Crippen LogP contribution is -2.09. The van der Waals surface area contributed by atoms with Crippen LogP contribution in [0.4, 0.5) is 0 Å². The Kier molecular flexibility index (Phi) is 8.41. The predicted molar refractivity (Wildman–Crippen MR) is 44.5 cm³/mol. The van der Waals surface area contributed by atoms with Crippen molar-refractivity contribution < 1.29 is 9.53 Å². The van der Waals surface area contributed by atoms with Crippen LogP contribution >= 0.6 is 0 Å². The zero-order chi connectivity index (χ0) is 7.98. The fraction of sp³-hybridized carbons (Fsp3) is 0.571. The Morgan fingerprint density at radius 1 is 1.64 bits per heavy atom. The molecule has 5 N–H and O–H groups in total. The number of esters is 1. The van der Waals surface area contributed by atoms with Crippen molar-refractivity contribution >= 4 is 5.97 Å². The zero-order valence-corrected chi connectivity index (χ0v) is 6.93. The Balaban J connectivity index is 0. The van der Waals surface area contributed by atoms with Gasteiger partial charge in [-0.15, -0.1) is 0 Å². The highest BCUT2D eigenvalue weighted by Crippen LogP contribution is 1.91. The molecule has 0 aromatic carbocycles. The summed E-state index contributed by atoms with van der Waals surface area (Å²) in [6, 6.07) is 0. The Labute approximate surface area is 67.0 Å². The van der Waals surface area contributed by atoms with E-state index in [0.29, 0.717) is 25.1 Å². The molecule has 0 aliphatic carbocycles. The molecule has 0 aromatic heterocycles. The van der Waals surface area contributed by atoms with E-state index in [1.165, 1.54) is 0 Å². The summed E-state index contributed by atoms with van der Waals surface area (Å²) < 4.78 is 4.73. The van der Waals surface area contributed by atoms with Gasteiger partial charge in [-0.2, -0.15) is 0 Å². The monoisotopic (exact) mass is 160 g/mol. The van der Waals surface area contributed by atoms with Gasteiger partial charge in [-0.05, 0) is 19.9 Å². The number of nitrogens with two attached hydrogens (primary N) is 1. The summed E-state index contributed by atoms with van der Waals surface area (Å²) >= 11 is 0. The second-order valence-corrected chi connectivity index (χ2v) is 2.06. The predicted octanol–water partition coefficient (Wildman–Crippen LogP) is 0.617. The van der Waals surface area contributed by atoms with Gasteiger partial charge in [0.25, 0.3) is 0 Å². The van der Waals surface area contributed by atoms with Gasteiger partial charge in [-0.3, -0.25) is 0 Å². The molecule has 11 heavy (non-hydrogen) atoms. The van der Waals surface area contributed by atoms with Gasteiger partial charge in [0.2, 0.25) is 0 Å². The Morgan fingerprint density at radius 3 is 2.55 bits per heavy atom. The van der Waals surface area contributed by atoms with Gasteiger partial charge in [0, 0.05) is 5.57 Å². The van der Waals surface area contributed by atoms with Crippen LogP contribution in [0.2, 0.25) is 0 Å². The molecule has 4 nitrogen and oxygen atoms in total. The van der Waals surface area contributed by atoms with Crippen molar-refractivity contribution in [3.8, 4) is 0 Å². The van der Waals surface area contributed by atoms with Gasteiger partial charge >= 0.3 is 5.97 Å². The van der Waals surface area contributed by atoms with Crippen LogP contribution in [0.1, 0.15) is 13.3 Å². The molecule has 0 aromatic rings. The standard InChI is InChI=1S/C7H13NO2.H3N/c1-6(2)7(9)10-5-3-4-8;/h1,3-5,8H2,2H3;1H3. The molecule has 0 saturated carbocycles. The van der Waals surface area contributed by atoms with Crippen molar-refractivity contribution in [2.24, 2.45) is 5.73 Å². The molecule has 4 heteroatoms. The summed E-state index contributed by atoms with van der Waals surface area (Å²) in [6.45, 7) is 5.98. The first-order valence-electron chi connectivity index (χ1n) is 3.21. The van der Waals surface area contributed by atoms with Crippen LogP contribution in [0.15, 0.2) is 12.2 Å². The van der Waals surface area contributed by atoms with Crippen LogP contribution in [-0.4, -0.2) is 19.1 Å². The molecule has 0 unspecified atom stereocenters. The summed E-state index contributed by atoms with van der Waals surface area (Å²) in [6.07, 6.45) is 0.707. The first kappa shape index (κ1) is 12.8. The van der Waals surface area contributed by atoms with Gasteiger partial charge in [-0.25, -0.2) is 4.79 Å². The van der Waals surface area contributed by atoms with Crippen molar-refractivity contribution in [3.63, 3.8) is 0 Å². The maximum absolute atomic E-state index is 10.7. The molecular weight excluding hydrogens is 144 g/mol. The average Bonchev–Trinajstić information content (AvgIpc) is 1.88. The highest BCUT2D eigenvalue weighted by Gasteiger charge is 2.00. The topological polar surface area (TPSA) is 87.3 Å². The number of carbonyl (C=O) groups excluding carboxylic acids is 1. The van der Waals surface area contributed by atoms with Crippen LogP contribution < -0.4 is 11.9 Å². The van der Waals surface area contributed by atoms with Gasteiger partial charge in [0.15, 0.2) is 0 Å². The maximum atomic E-state index is 10.7. The number of hydrogen-bond donors (Lipinski definition) is 2. The quantitative estimate of drug-likeness (QED) is 0.358. The summed E-state index contributed by atoms with van der Waals surface area (Å²) in [7, 11) is 0. The highest BCUT2D eigenvalue weighted by molar-refractivity contribution is 5.86. The Morgan fingerprint density at radius 2 is 2.18 bits per heavy atom. The Bertz CT molecular complexity index is 134. The van der Waals surface area contributed by atoms with Crippen LogP contribution in [0.25, 0.3) is 0 Å². The fourth-order valence-electron chi connectivity index (χ4n) is 0.371. The molecule has 66 valence electrons. The maximum Gasteiger partial charge on any atom is 0.333 e. The lowest BCUT2D eigenvalue weighted by atomic mass is 10.4. The second kappa shape index (κ2) is 7.24. The molecule has 0 aliphatic rings. The average molecular weight is 160 g/mol. The minimum atomic E-state index is -0.339. The van der Waals surface area contributed by atoms with Crippen LogP contribution in [-0.2, 0) is 9.53 Å². The van der Waals surface area contributed by atoms with E-state index in [-0.39, 0.29) is 12.1 Å². The third-order valence-corrected chi connectivity index (χ3v) is 0.930. The SMILES string of the molecule is C=C(C)C(=O)OCCCN.N. The van der Waals surface area contributed by atoms with Gasteiger partial charge < -0.3 is 16.6 Å². The third kappa shape index (κ3) is 7.02. The van der Waals surface area contributed by atoms with Crippen LogP contribution in [0, 0.1) is 0 Å². The molecule has 0 aliphatic heterocycles. The lowest BCUT2D eigenvalue weighted by Gasteiger charge is -2.01. The molecule has 0 spiro atoms. The summed E-state index contributed by atoms with van der Waals surface area (Å²) in [4.78, 5) is 10.7. The van der Waals surface area contributed by atoms with Gasteiger partial charge in [0.05, 0.1) is 6.61 Å². The number of rotatable bonds is 4. The number of carbonyl (C=O) groups is 1. The van der Waals surface area contributed by atoms with E-state index in [2.05, 4.69) is 6.58 Å². The summed E-state index contributed by atoms with van der Waals surface area (Å²) in [5.41, 5.74) is 5.60. The van der Waals surface area contributed by atoms with E-state index in [1.54, 1.807) is 6.92 Å². The van der Waals surface area contributed by atoms with Crippen molar-refractivity contribution in [1.82, 2.24) is 6.15 Å². The van der Waals surface area contributed by atoms with Crippen molar-refractivity contribution in [2.75, 3.05) is 13.2 Å². The molecule has 0 rings (SSSR count). The molecule has 0 radical (unpaired) electrons. The van der Waals surface area contributed by atoms with Crippen LogP contribution in [0.3, 0.4) is 0 Å².